The highest BCUT2D eigenvalue weighted by Crippen LogP contribution is 2.17. The first-order valence-corrected chi connectivity index (χ1v) is 8.82. The van der Waals surface area contributed by atoms with Gasteiger partial charge in [0.25, 0.3) is 0 Å². The van der Waals surface area contributed by atoms with Gasteiger partial charge in [0.1, 0.15) is 0 Å². The van der Waals surface area contributed by atoms with Gasteiger partial charge in [0.15, 0.2) is 5.96 Å². The Morgan fingerprint density at radius 1 is 1.55 bits per heavy atom. The minimum atomic E-state index is 0.211. The molecule has 0 bridgehead atoms. The molecular formula is C16H27N3O2S. The van der Waals surface area contributed by atoms with Crippen molar-refractivity contribution in [3.05, 3.63) is 22.4 Å². The first-order chi connectivity index (χ1) is 10.7. The molecule has 0 aliphatic carbocycles. The van der Waals surface area contributed by atoms with E-state index in [1.54, 1.807) is 18.4 Å². The third-order valence-electron chi connectivity index (χ3n) is 3.76. The van der Waals surface area contributed by atoms with Crippen molar-refractivity contribution >= 4 is 17.3 Å². The van der Waals surface area contributed by atoms with Crippen molar-refractivity contribution in [2.45, 2.75) is 38.3 Å². The van der Waals surface area contributed by atoms with Crippen LogP contribution in [0.3, 0.4) is 0 Å². The number of nitrogens with one attached hydrogen (secondary N) is 2. The molecule has 2 rings (SSSR count). The van der Waals surface area contributed by atoms with Crippen LogP contribution in [-0.2, 0) is 9.47 Å². The summed E-state index contributed by atoms with van der Waals surface area (Å²) in [5, 5.41) is 11.1. The van der Waals surface area contributed by atoms with Gasteiger partial charge in [-0.25, -0.2) is 0 Å². The lowest BCUT2D eigenvalue weighted by molar-refractivity contribution is 0.0347. The van der Waals surface area contributed by atoms with E-state index in [-0.39, 0.29) is 12.1 Å². The number of hydrogen-bond donors (Lipinski definition) is 2. The molecule has 1 aliphatic heterocycles. The van der Waals surface area contributed by atoms with E-state index >= 15 is 0 Å². The fourth-order valence-electron chi connectivity index (χ4n) is 2.32. The molecule has 0 amide bonds. The fourth-order valence-corrected chi connectivity index (χ4v) is 3.10. The molecule has 5 nitrogen and oxygen atoms in total. The van der Waals surface area contributed by atoms with Crippen LogP contribution in [0.5, 0.6) is 0 Å². The van der Waals surface area contributed by atoms with Gasteiger partial charge >= 0.3 is 0 Å². The summed E-state index contributed by atoms with van der Waals surface area (Å²) in [7, 11) is 1.79. The van der Waals surface area contributed by atoms with Gasteiger partial charge in [-0.05, 0) is 41.7 Å². The molecule has 0 saturated carbocycles. The molecule has 6 heteroatoms. The van der Waals surface area contributed by atoms with E-state index in [0.717, 1.165) is 32.1 Å². The van der Waals surface area contributed by atoms with Gasteiger partial charge < -0.3 is 20.1 Å². The molecule has 1 saturated heterocycles. The maximum atomic E-state index is 5.83. The second kappa shape index (κ2) is 9.12. The van der Waals surface area contributed by atoms with E-state index in [1.165, 1.54) is 5.56 Å². The Morgan fingerprint density at radius 2 is 2.41 bits per heavy atom. The van der Waals surface area contributed by atoms with Gasteiger partial charge in [0, 0.05) is 26.2 Å². The van der Waals surface area contributed by atoms with Crippen LogP contribution in [0.1, 0.15) is 31.7 Å². The highest BCUT2D eigenvalue weighted by molar-refractivity contribution is 7.07. The SMILES string of the molecule is CN=C(NCC(C)c1ccsc1)NC(C)COC1CCOC1. The first kappa shape index (κ1) is 17.2. The van der Waals surface area contributed by atoms with Crippen molar-refractivity contribution in [3.8, 4) is 0 Å². The number of nitrogens with zero attached hydrogens (tertiary/aromatic N) is 1. The molecule has 0 aromatic carbocycles. The normalized spacial score (nSPS) is 21.6. The molecule has 2 N–H and O–H groups in total. The van der Waals surface area contributed by atoms with Crippen molar-refractivity contribution in [1.29, 1.82) is 0 Å². The van der Waals surface area contributed by atoms with Gasteiger partial charge in [-0.15, -0.1) is 0 Å². The summed E-state index contributed by atoms with van der Waals surface area (Å²) in [6.07, 6.45) is 1.25. The molecule has 22 heavy (non-hydrogen) atoms. The second-order valence-electron chi connectivity index (χ2n) is 5.78. The summed E-state index contributed by atoms with van der Waals surface area (Å²) < 4.78 is 11.1. The van der Waals surface area contributed by atoms with E-state index in [1.807, 2.05) is 0 Å². The summed E-state index contributed by atoms with van der Waals surface area (Å²) in [6.45, 7) is 7.38. The zero-order valence-electron chi connectivity index (χ0n) is 13.7. The third-order valence-corrected chi connectivity index (χ3v) is 4.47. The molecule has 2 heterocycles. The smallest absolute Gasteiger partial charge is 0.191 e. The predicted molar refractivity (Wildman–Crippen MR) is 91.9 cm³/mol. The van der Waals surface area contributed by atoms with Crippen LogP contribution in [0.15, 0.2) is 21.8 Å². The summed E-state index contributed by atoms with van der Waals surface area (Å²) in [6, 6.07) is 2.39. The predicted octanol–water partition coefficient (Wildman–Crippen LogP) is 2.21. The van der Waals surface area contributed by atoms with Crippen LogP contribution < -0.4 is 10.6 Å². The molecule has 0 radical (unpaired) electrons. The number of hydrogen-bond acceptors (Lipinski definition) is 4. The monoisotopic (exact) mass is 325 g/mol. The van der Waals surface area contributed by atoms with Crippen LogP contribution in [0.2, 0.25) is 0 Å². The van der Waals surface area contributed by atoms with E-state index in [4.69, 9.17) is 9.47 Å². The quantitative estimate of drug-likeness (QED) is 0.596. The average molecular weight is 325 g/mol. The molecule has 124 valence electrons. The lowest BCUT2D eigenvalue weighted by Gasteiger charge is -2.21. The fraction of sp³-hybridized carbons (Fsp3) is 0.688. The Bertz CT molecular complexity index is 444. The molecule has 1 aromatic rings. The number of rotatable bonds is 7. The van der Waals surface area contributed by atoms with Gasteiger partial charge in [-0.3, -0.25) is 4.99 Å². The van der Waals surface area contributed by atoms with Crippen molar-refractivity contribution in [2.24, 2.45) is 4.99 Å². The van der Waals surface area contributed by atoms with Gasteiger partial charge in [-0.1, -0.05) is 6.92 Å². The molecule has 1 fully saturated rings. The third kappa shape index (κ3) is 5.59. The largest absolute Gasteiger partial charge is 0.379 e. The molecule has 3 atom stereocenters. The van der Waals surface area contributed by atoms with Crippen LogP contribution in [0, 0.1) is 0 Å². The van der Waals surface area contributed by atoms with Crippen LogP contribution in [0.25, 0.3) is 0 Å². The lowest BCUT2D eigenvalue weighted by Crippen LogP contribution is -2.45. The summed E-state index contributed by atoms with van der Waals surface area (Å²) >= 11 is 1.74. The zero-order valence-corrected chi connectivity index (χ0v) is 14.5. The Kier molecular flexibility index (Phi) is 7.15. The average Bonchev–Trinajstić information content (AvgIpc) is 3.22. The van der Waals surface area contributed by atoms with Crippen molar-refractivity contribution in [1.82, 2.24) is 10.6 Å². The maximum Gasteiger partial charge on any atom is 0.191 e. The van der Waals surface area contributed by atoms with E-state index in [0.29, 0.717) is 12.5 Å². The number of ether oxygens (including phenoxy) is 2. The Balaban J connectivity index is 1.67. The molecule has 3 unspecified atom stereocenters. The summed E-state index contributed by atoms with van der Waals surface area (Å²) in [4.78, 5) is 4.28. The maximum absolute atomic E-state index is 5.83. The molecular weight excluding hydrogens is 298 g/mol. The van der Waals surface area contributed by atoms with Crippen molar-refractivity contribution in [3.63, 3.8) is 0 Å². The number of aliphatic imine (C=N–C) groups is 1. The van der Waals surface area contributed by atoms with E-state index in [2.05, 4.69) is 46.3 Å². The zero-order chi connectivity index (χ0) is 15.8. The molecule has 0 spiro atoms. The Hall–Kier alpha value is -1.11. The highest BCUT2D eigenvalue weighted by Gasteiger charge is 2.17. The second-order valence-corrected chi connectivity index (χ2v) is 6.56. The summed E-state index contributed by atoms with van der Waals surface area (Å²) in [5.41, 5.74) is 1.37. The van der Waals surface area contributed by atoms with Gasteiger partial charge in [0.2, 0.25) is 0 Å². The van der Waals surface area contributed by atoms with Gasteiger partial charge in [0.05, 0.1) is 19.3 Å². The van der Waals surface area contributed by atoms with Crippen LogP contribution >= 0.6 is 11.3 Å². The minimum absolute atomic E-state index is 0.211. The van der Waals surface area contributed by atoms with E-state index in [9.17, 15) is 0 Å². The standard InChI is InChI=1S/C16H27N3O2S/c1-12(14-5-7-22-11-14)8-18-16(17-3)19-13(2)9-21-15-4-6-20-10-15/h5,7,11-13,15H,4,6,8-10H2,1-3H3,(H2,17,18,19). The van der Waals surface area contributed by atoms with Crippen molar-refractivity contribution < 1.29 is 9.47 Å². The summed E-state index contributed by atoms with van der Waals surface area (Å²) in [5.74, 6) is 1.29. The topological polar surface area (TPSA) is 54.9 Å². The highest BCUT2D eigenvalue weighted by atomic mass is 32.1. The number of guanidine groups is 1. The molecule has 1 aromatic heterocycles. The minimum Gasteiger partial charge on any atom is -0.379 e. The van der Waals surface area contributed by atoms with Gasteiger partial charge in [-0.2, -0.15) is 11.3 Å². The Labute approximate surface area is 137 Å². The number of thiophene rings is 1. The van der Waals surface area contributed by atoms with E-state index < -0.39 is 0 Å². The van der Waals surface area contributed by atoms with Crippen LogP contribution in [-0.4, -0.2) is 51.5 Å². The van der Waals surface area contributed by atoms with Crippen LogP contribution in [0.4, 0.5) is 0 Å². The Morgan fingerprint density at radius 3 is 3.05 bits per heavy atom. The molecule has 1 aliphatic rings. The van der Waals surface area contributed by atoms with Crippen molar-refractivity contribution in [2.75, 3.05) is 33.4 Å². The lowest BCUT2D eigenvalue weighted by atomic mass is 10.1. The first-order valence-electron chi connectivity index (χ1n) is 7.87.